The summed E-state index contributed by atoms with van der Waals surface area (Å²) < 4.78 is 5.67. The number of aromatic nitrogens is 1. The monoisotopic (exact) mass is 307 g/mol. The lowest BCUT2D eigenvalue weighted by molar-refractivity contribution is 0.107. The van der Waals surface area contributed by atoms with Crippen molar-refractivity contribution < 1.29 is 9.53 Å². The molecular formula is C15H14ClNO2S. The predicted molar refractivity (Wildman–Crippen MR) is 81.7 cm³/mol. The Labute approximate surface area is 127 Å². The number of pyridine rings is 1. The highest BCUT2D eigenvalue weighted by Crippen LogP contribution is 2.26. The van der Waals surface area contributed by atoms with Crippen LogP contribution in [0.4, 0.5) is 0 Å². The topological polar surface area (TPSA) is 39.2 Å². The average molecular weight is 308 g/mol. The molecule has 1 aromatic carbocycles. The van der Waals surface area contributed by atoms with E-state index in [-0.39, 0.29) is 6.61 Å². The number of nitrogens with zero attached hydrogens (tertiary/aromatic N) is 1. The van der Waals surface area contributed by atoms with Crippen molar-refractivity contribution in [2.75, 3.05) is 6.26 Å². The molecule has 0 fully saturated rings. The van der Waals surface area contributed by atoms with Crippen molar-refractivity contribution in [1.82, 2.24) is 4.98 Å². The van der Waals surface area contributed by atoms with Crippen molar-refractivity contribution in [2.45, 2.75) is 18.4 Å². The van der Waals surface area contributed by atoms with E-state index in [1.165, 1.54) is 0 Å². The Morgan fingerprint density at radius 2 is 2.05 bits per heavy atom. The van der Waals surface area contributed by atoms with Crippen molar-refractivity contribution in [1.29, 1.82) is 0 Å². The molecule has 20 heavy (non-hydrogen) atoms. The highest BCUT2D eigenvalue weighted by molar-refractivity contribution is 7.98. The molecule has 1 aromatic heterocycles. The normalized spacial score (nSPS) is 10.3. The molecule has 0 aliphatic carbocycles. The summed E-state index contributed by atoms with van der Waals surface area (Å²) in [6, 6.07) is 11.0. The van der Waals surface area contributed by atoms with Gasteiger partial charge in [0.15, 0.2) is 0 Å². The molecule has 0 amide bonds. The Hall–Kier alpha value is -1.52. The minimum atomic E-state index is -0.475. The van der Waals surface area contributed by atoms with Crippen LogP contribution in [0.1, 0.15) is 21.6 Å². The van der Waals surface area contributed by atoms with E-state index < -0.39 is 5.24 Å². The van der Waals surface area contributed by atoms with Gasteiger partial charge in [0.25, 0.3) is 5.24 Å². The minimum absolute atomic E-state index is 0.265. The summed E-state index contributed by atoms with van der Waals surface area (Å²) in [6.45, 7) is 2.16. The maximum absolute atomic E-state index is 11.5. The quantitative estimate of drug-likeness (QED) is 0.616. The number of halogens is 1. The summed E-state index contributed by atoms with van der Waals surface area (Å²) in [5, 5.41) is -0.475. The van der Waals surface area contributed by atoms with Crippen LogP contribution < -0.4 is 4.74 Å². The fraction of sp³-hybridized carbons (Fsp3) is 0.200. The van der Waals surface area contributed by atoms with Gasteiger partial charge in [-0.3, -0.25) is 4.79 Å². The van der Waals surface area contributed by atoms with Crippen LogP contribution >= 0.6 is 23.4 Å². The minimum Gasteiger partial charge on any atom is -0.473 e. The highest BCUT2D eigenvalue weighted by Gasteiger charge is 2.13. The van der Waals surface area contributed by atoms with Crippen LogP contribution in [0.5, 0.6) is 5.88 Å². The van der Waals surface area contributed by atoms with Gasteiger partial charge in [0.05, 0.1) is 0 Å². The van der Waals surface area contributed by atoms with Crippen molar-refractivity contribution in [3.8, 4) is 5.88 Å². The number of aryl methyl sites for hydroxylation is 1. The van der Waals surface area contributed by atoms with E-state index in [1.54, 1.807) is 23.9 Å². The van der Waals surface area contributed by atoms with Crippen molar-refractivity contribution in [3.63, 3.8) is 0 Å². The molecule has 0 aliphatic heterocycles. The number of carbonyl (C=O) groups excluding carboxylic acids is 1. The fourth-order valence-corrected chi connectivity index (χ4v) is 2.64. The molecule has 0 spiro atoms. The lowest BCUT2D eigenvalue weighted by Gasteiger charge is -2.12. The Kier molecular flexibility index (Phi) is 5.04. The van der Waals surface area contributed by atoms with Gasteiger partial charge in [0.2, 0.25) is 5.88 Å². The SMILES string of the molecule is CSc1cccc(C(=O)Cl)c1COc1cccc(C)n1. The van der Waals surface area contributed by atoms with Gasteiger partial charge < -0.3 is 4.74 Å². The van der Waals surface area contributed by atoms with Gasteiger partial charge in [-0.1, -0.05) is 12.1 Å². The Morgan fingerprint density at radius 3 is 2.70 bits per heavy atom. The maximum Gasteiger partial charge on any atom is 0.252 e. The summed E-state index contributed by atoms with van der Waals surface area (Å²) in [6.07, 6.45) is 1.95. The van der Waals surface area contributed by atoms with E-state index in [2.05, 4.69) is 4.98 Å². The molecule has 2 aromatic rings. The first-order valence-electron chi connectivity index (χ1n) is 6.04. The standard InChI is InChI=1S/C15H14ClNO2S/c1-10-5-3-8-14(17-10)19-9-12-11(15(16)18)6-4-7-13(12)20-2/h3-8H,9H2,1-2H3. The van der Waals surface area contributed by atoms with E-state index in [4.69, 9.17) is 16.3 Å². The van der Waals surface area contributed by atoms with E-state index in [0.29, 0.717) is 11.4 Å². The van der Waals surface area contributed by atoms with Gasteiger partial charge in [-0.25, -0.2) is 4.98 Å². The third-order valence-corrected chi connectivity index (χ3v) is 3.82. The van der Waals surface area contributed by atoms with Crippen LogP contribution in [-0.4, -0.2) is 16.5 Å². The predicted octanol–water partition coefficient (Wildman–Crippen LogP) is 4.07. The number of carbonyl (C=O) groups is 1. The number of hydrogen-bond donors (Lipinski definition) is 0. The molecule has 0 saturated heterocycles. The molecule has 0 radical (unpaired) electrons. The summed E-state index contributed by atoms with van der Waals surface area (Å²) >= 11 is 7.18. The van der Waals surface area contributed by atoms with Gasteiger partial charge in [0.1, 0.15) is 6.61 Å². The number of rotatable bonds is 5. The van der Waals surface area contributed by atoms with Crippen molar-refractivity contribution in [2.24, 2.45) is 0 Å². The number of hydrogen-bond acceptors (Lipinski definition) is 4. The van der Waals surface area contributed by atoms with Crippen LogP contribution in [0, 0.1) is 6.92 Å². The molecule has 0 aliphatic rings. The zero-order valence-corrected chi connectivity index (χ0v) is 12.8. The second kappa shape index (κ2) is 6.77. The van der Waals surface area contributed by atoms with Gasteiger partial charge in [0, 0.05) is 27.8 Å². The molecule has 0 saturated carbocycles. The average Bonchev–Trinajstić information content (AvgIpc) is 2.44. The maximum atomic E-state index is 11.5. The molecule has 0 N–H and O–H groups in total. The van der Waals surface area contributed by atoms with E-state index >= 15 is 0 Å². The zero-order valence-electron chi connectivity index (χ0n) is 11.2. The van der Waals surface area contributed by atoms with Crippen LogP contribution in [0.15, 0.2) is 41.3 Å². The molecule has 0 atom stereocenters. The van der Waals surface area contributed by atoms with Gasteiger partial charge >= 0.3 is 0 Å². The Bertz CT molecular complexity index is 631. The molecule has 0 bridgehead atoms. The summed E-state index contributed by atoms with van der Waals surface area (Å²) in [7, 11) is 0. The lowest BCUT2D eigenvalue weighted by Crippen LogP contribution is -2.05. The van der Waals surface area contributed by atoms with Crippen LogP contribution in [0.25, 0.3) is 0 Å². The zero-order chi connectivity index (χ0) is 14.5. The second-order valence-electron chi connectivity index (χ2n) is 4.17. The van der Waals surface area contributed by atoms with Crippen molar-refractivity contribution in [3.05, 3.63) is 53.2 Å². The number of benzene rings is 1. The molecule has 3 nitrogen and oxygen atoms in total. The number of ether oxygens (including phenoxy) is 1. The molecule has 104 valence electrons. The Balaban J connectivity index is 2.26. The van der Waals surface area contributed by atoms with Gasteiger partial charge in [-0.2, -0.15) is 0 Å². The first kappa shape index (κ1) is 14.9. The third-order valence-electron chi connectivity index (χ3n) is 2.79. The van der Waals surface area contributed by atoms with Gasteiger partial charge in [-0.05, 0) is 43.0 Å². The molecule has 1 heterocycles. The second-order valence-corrected chi connectivity index (χ2v) is 5.36. The van der Waals surface area contributed by atoms with E-state index in [9.17, 15) is 4.79 Å². The smallest absolute Gasteiger partial charge is 0.252 e. The first-order chi connectivity index (χ1) is 9.61. The van der Waals surface area contributed by atoms with Crippen LogP contribution in [0.2, 0.25) is 0 Å². The lowest BCUT2D eigenvalue weighted by atomic mass is 10.1. The largest absolute Gasteiger partial charge is 0.473 e. The Morgan fingerprint density at radius 1 is 1.30 bits per heavy atom. The van der Waals surface area contributed by atoms with Crippen molar-refractivity contribution >= 4 is 28.6 Å². The summed E-state index contributed by atoms with van der Waals surface area (Å²) in [5.41, 5.74) is 2.16. The summed E-state index contributed by atoms with van der Waals surface area (Å²) in [5.74, 6) is 0.536. The highest BCUT2D eigenvalue weighted by atomic mass is 35.5. The molecule has 0 unspecified atom stereocenters. The van der Waals surface area contributed by atoms with Gasteiger partial charge in [-0.15, -0.1) is 11.8 Å². The van der Waals surface area contributed by atoms with Crippen LogP contribution in [0.3, 0.4) is 0 Å². The summed E-state index contributed by atoms with van der Waals surface area (Å²) in [4.78, 5) is 16.7. The fourth-order valence-electron chi connectivity index (χ4n) is 1.83. The molecule has 2 rings (SSSR count). The molecular weight excluding hydrogens is 294 g/mol. The molecule has 5 heteroatoms. The van der Waals surface area contributed by atoms with E-state index in [0.717, 1.165) is 16.2 Å². The van der Waals surface area contributed by atoms with E-state index in [1.807, 2.05) is 37.4 Å². The third kappa shape index (κ3) is 3.52. The van der Waals surface area contributed by atoms with Crippen LogP contribution in [-0.2, 0) is 6.61 Å². The number of thioether (sulfide) groups is 1. The first-order valence-corrected chi connectivity index (χ1v) is 7.64.